The molecular formula is C16H27ClN4O. The highest BCUT2D eigenvalue weighted by molar-refractivity contribution is 5.85. The molecule has 3 atom stereocenters. The van der Waals surface area contributed by atoms with Crippen LogP contribution in [0.4, 0.5) is 0 Å². The van der Waals surface area contributed by atoms with Crippen LogP contribution in [0, 0.1) is 12.8 Å². The number of carbonyl (C=O) groups is 1. The average Bonchev–Trinajstić information content (AvgIpc) is 3.08. The molecule has 0 bridgehead atoms. The van der Waals surface area contributed by atoms with E-state index in [1.807, 2.05) is 11.8 Å². The normalized spacial score (nSPS) is 28.5. The number of carbonyl (C=O) groups excluding carboxylic acids is 1. The lowest BCUT2D eigenvalue weighted by molar-refractivity contribution is -0.133. The molecule has 1 amide bonds. The van der Waals surface area contributed by atoms with E-state index in [-0.39, 0.29) is 24.4 Å². The molecule has 1 saturated carbocycles. The lowest BCUT2D eigenvalue weighted by atomic mass is 9.93. The highest BCUT2D eigenvalue weighted by atomic mass is 35.5. The molecule has 124 valence electrons. The highest BCUT2D eigenvalue weighted by Gasteiger charge is 2.31. The molecule has 0 spiro atoms. The average molecular weight is 327 g/mol. The Morgan fingerprint density at radius 2 is 2.23 bits per heavy atom. The van der Waals surface area contributed by atoms with Crippen molar-refractivity contribution in [3.63, 3.8) is 0 Å². The van der Waals surface area contributed by atoms with E-state index in [1.165, 1.54) is 6.42 Å². The van der Waals surface area contributed by atoms with E-state index in [9.17, 15) is 4.79 Å². The molecule has 22 heavy (non-hydrogen) atoms. The first-order valence-corrected chi connectivity index (χ1v) is 8.18. The molecule has 1 saturated heterocycles. The van der Waals surface area contributed by atoms with Crippen LogP contribution in [-0.4, -0.2) is 40.1 Å². The number of H-pyrrole nitrogens is 1. The van der Waals surface area contributed by atoms with Gasteiger partial charge in [0.2, 0.25) is 5.91 Å². The summed E-state index contributed by atoms with van der Waals surface area (Å²) in [4.78, 5) is 14.6. The van der Waals surface area contributed by atoms with Crippen LogP contribution < -0.4 is 5.73 Å². The topological polar surface area (TPSA) is 75.0 Å². The summed E-state index contributed by atoms with van der Waals surface area (Å²) in [6.07, 6.45) is 6.19. The Labute approximate surface area is 138 Å². The maximum absolute atomic E-state index is 12.5. The first kappa shape index (κ1) is 17.3. The van der Waals surface area contributed by atoms with E-state index in [2.05, 4.69) is 16.3 Å². The van der Waals surface area contributed by atoms with Gasteiger partial charge in [-0.15, -0.1) is 12.4 Å². The predicted octanol–water partition coefficient (Wildman–Crippen LogP) is 2.36. The van der Waals surface area contributed by atoms with Gasteiger partial charge in [0.1, 0.15) is 0 Å². The molecule has 2 heterocycles. The number of aryl methyl sites for hydroxylation is 1. The first-order chi connectivity index (χ1) is 10.1. The van der Waals surface area contributed by atoms with Crippen LogP contribution in [0.1, 0.15) is 55.8 Å². The maximum Gasteiger partial charge on any atom is 0.222 e. The summed E-state index contributed by atoms with van der Waals surface area (Å²) < 4.78 is 0. The second-order valence-electron chi connectivity index (χ2n) is 6.71. The van der Waals surface area contributed by atoms with Crippen molar-refractivity contribution in [2.75, 3.05) is 13.1 Å². The van der Waals surface area contributed by atoms with Crippen LogP contribution in [0.2, 0.25) is 0 Å². The second kappa shape index (κ2) is 7.47. The van der Waals surface area contributed by atoms with Gasteiger partial charge in [-0.2, -0.15) is 5.10 Å². The summed E-state index contributed by atoms with van der Waals surface area (Å²) in [6, 6.07) is 2.33. The molecular weight excluding hydrogens is 300 g/mol. The van der Waals surface area contributed by atoms with Crippen LogP contribution in [0.3, 0.4) is 0 Å². The number of rotatable bonds is 3. The summed E-state index contributed by atoms with van der Waals surface area (Å²) in [5.41, 5.74) is 8.28. The van der Waals surface area contributed by atoms with E-state index in [0.29, 0.717) is 18.3 Å². The van der Waals surface area contributed by atoms with Gasteiger partial charge < -0.3 is 10.6 Å². The molecule has 3 rings (SSSR count). The minimum absolute atomic E-state index is 0. The fourth-order valence-electron chi connectivity index (χ4n) is 3.77. The molecule has 5 nitrogen and oxygen atoms in total. The Bertz CT molecular complexity index is 504. The Balaban J connectivity index is 0.00000176. The van der Waals surface area contributed by atoms with Crippen molar-refractivity contribution in [1.82, 2.24) is 15.1 Å². The summed E-state index contributed by atoms with van der Waals surface area (Å²) in [6.45, 7) is 3.72. The summed E-state index contributed by atoms with van der Waals surface area (Å²) in [5.74, 6) is 1.06. The maximum atomic E-state index is 12.5. The van der Waals surface area contributed by atoms with E-state index in [4.69, 9.17) is 5.73 Å². The first-order valence-electron chi connectivity index (χ1n) is 8.18. The number of aromatic nitrogens is 2. The molecule has 1 aliphatic carbocycles. The zero-order valence-electron chi connectivity index (χ0n) is 13.3. The third-order valence-corrected chi connectivity index (χ3v) is 5.07. The fourth-order valence-corrected chi connectivity index (χ4v) is 3.77. The van der Waals surface area contributed by atoms with Crippen LogP contribution >= 0.6 is 12.4 Å². The number of nitrogens with two attached hydrogens (primary N) is 1. The third-order valence-electron chi connectivity index (χ3n) is 5.07. The summed E-state index contributed by atoms with van der Waals surface area (Å²) >= 11 is 0. The van der Waals surface area contributed by atoms with Crippen LogP contribution in [0.5, 0.6) is 0 Å². The molecule has 6 heteroatoms. The Morgan fingerprint density at radius 3 is 2.86 bits per heavy atom. The van der Waals surface area contributed by atoms with Crippen molar-refractivity contribution >= 4 is 18.3 Å². The largest absolute Gasteiger partial charge is 0.342 e. The number of likely N-dealkylation sites (tertiary alicyclic amines) is 1. The number of nitrogens with zero attached hydrogens (tertiary/aromatic N) is 2. The van der Waals surface area contributed by atoms with Gasteiger partial charge in [-0.25, -0.2) is 0 Å². The lowest BCUT2D eigenvalue weighted by Crippen LogP contribution is -2.41. The lowest BCUT2D eigenvalue weighted by Gasteiger charge is -2.33. The van der Waals surface area contributed by atoms with Gasteiger partial charge in [0, 0.05) is 37.2 Å². The molecule has 1 aromatic heterocycles. The van der Waals surface area contributed by atoms with Gasteiger partial charge in [-0.1, -0.05) is 6.42 Å². The third kappa shape index (κ3) is 3.82. The quantitative estimate of drug-likeness (QED) is 0.895. The van der Waals surface area contributed by atoms with Crippen LogP contribution in [0.25, 0.3) is 0 Å². The van der Waals surface area contributed by atoms with Crippen molar-refractivity contribution in [3.8, 4) is 0 Å². The van der Waals surface area contributed by atoms with Crippen molar-refractivity contribution < 1.29 is 4.79 Å². The number of hydrogen-bond donors (Lipinski definition) is 2. The molecule has 1 aliphatic heterocycles. The number of aromatic amines is 1. The van der Waals surface area contributed by atoms with Gasteiger partial charge in [-0.05, 0) is 44.6 Å². The summed E-state index contributed by atoms with van der Waals surface area (Å²) in [7, 11) is 0. The van der Waals surface area contributed by atoms with E-state index in [1.54, 1.807) is 0 Å². The second-order valence-corrected chi connectivity index (χ2v) is 6.71. The fraction of sp³-hybridized carbons (Fsp3) is 0.750. The molecule has 3 N–H and O–H groups in total. The SMILES string of the molecule is Cc1cc(C2CCCN(C(=O)C[C@@H]3CCC[C@H]3N)C2)n[nH]1.Cl. The van der Waals surface area contributed by atoms with E-state index >= 15 is 0 Å². The van der Waals surface area contributed by atoms with Crippen molar-refractivity contribution in [3.05, 3.63) is 17.5 Å². The molecule has 2 aliphatic rings. The highest BCUT2D eigenvalue weighted by Crippen LogP contribution is 2.30. The van der Waals surface area contributed by atoms with Gasteiger partial charge in [0.15, 0.2) is 0 Å². The zero-order chi connectivity index (χ0) is 14.8. The van der Waals surface area contributed by atoms with Crippen LogP contribution in [0.15, 0.2) is 6.07 Å². The van der Waals surface area contributed by atoms with Gasteiger partial charge in [0.25, 0.3) is 0 Å². The monoisotopic (exact) mass is 326 g/mol. The standard InChI is InChI=1S/C16H26N4O.ClH/c1-11-8-15(19-18-11)13-5-3-7-20(10-13)16(21)9-12-4-2-6-14(12)17;/h8,12-14H,2-7,9-10,17H2,1H3,(H,18,19);1H/t12-,13?,14+;/m0./s1. The van der Waals surface area contributed by atoms with Crippen LogP contribution in [-0.2, 0) is 4.79 Å². The van der Waals surface area contributed by atoms with Crippen molar-refractivity contribution in [2.24, 2.45) is 11.7 Å². The molecule has 1 aromatic rings. The zero-order valence-corrected chi connectivity index (χ0v) is 14.1. The van der Waals surface area contributed by atoms with Crippen molar-refractivity contribution in [2.45, 2.75) is 57.4 Å². The van der Waals surface area contributed by atoms with Crippen molar-refractivity contribution in [1.29, 1.82) is 0 Å². The van der Waals surface area contributed by atoms with Gasteiger partial charge in [0.05, 0.1) is 5.69 Å². The number of piperidine rings is 1. The number of amides is 1. The Morgan fingerprint density at radius 1 is 1.41 bits per heavy atom. The Kier molecular flexibility index (Phi) is 5.87. The van der Waals surface area contributed by atoms with Gasteiger partial charge >= 0.3 is 0 Å². The molecule has 0 aromatic carbocycles. The molecule has 0 radical (unpaired) electrons. The number of halogens is 1. The van der Waals surface area contributed by atoms with E-state index < -0.39 is 0 Å². The molecule has 1 unspecified atom stereocenters. The minimum atomic E-state index is 0. The molecule has 2 fully saturated rings. The predicted molar refractivity (Wildman–Crippen MR) is 89.1 cm³/mol. The smallest absolute Gasteiger partial charge is 0.222 e. The number of nitrogens with one attached hydrogen (secondary N) is 1. The van der Waals surface area contributed by atoms with E-state index in [0.717, 1.165) is 50.2 Å². The minimum Gasteiger partial charge on any atom is -0.342 e. The number of hydrogen-bond acceptors (Lipinski definition) is 3. The Hall–Kier alpha value is -1.07. The summed E-state index contributed by atoms with van der Waals surface area (Å²) in [5, 5.41) is 7.37. The van der Waals surface area contributed by atoms with Gasteiger partial charge in [-0.3, -0.25) is 9.89 Å².